The smallest absolute Gasteiger partial charge is 0.272 e. The zero-order valence-electron chi connectivity index (χ0n) is 17.0. The molecule has 0 N–H and O–H groups in total. The highest BCUT2D eigenvalue weighted by atomic mass is 16.5. The average molecular weight is 367 g/mol. The molecule has 2 saturated heterocycles. The number of piperidine rings is 1. The summed E-state index contributed by atoms with van der Waals surface area (Å²) in [6.45, 7) is 10.2. The molecule has 7 heteroatoms. The lowest BCUT2D eigenvalue weighted by atomic mass is 9.58. The number of rotatable bonds is 4. The molecule has 0 aromatic carbocycles. The van der Waals surface area contributed by atoms with Gasteiger partial charge in [0, 0.05) is 18.8 Å². The molecule has 0 spiro atoms. The van der Waals surface area contributed by atoms with Gasteiger partial charge in [-0.25, -0.2) is 4.98 Å². The molecule has 2 fully saturated rings. The maximum Gasteiger partial charge on any atom is 0.272 e. The Labute approximate surface area is 166 Å². The molecule has 1 amide bonds. The van der Waals surface area contributed by atoms with Crippen LogP contribution in [0.1, 0.15) is 56.2 Å². The normalized spacial score (nSPS) is 19.3. The molecule has 0 unspecified atom stereocenters. The maximum absolute atomic E-state index is 12.6. The van der Waals surface area contributed by atoms with Crippen molar-refractivity contribution in [3.8, 4) is 0 Å². The highest BCUT2D eigenvalue weighted by Crippen LogP contribution is 2.28. The Bertz CT molecular complexity index is 599. The minimum atomic E-state index is -1.15. The Hall–Kier alpha value is -1.33. The van der Waals surface area contributed by atoms with Crippen molar-refractivity contribution < 1.29 is 9.53 Å². The van der Waals surface area contributed by atoms with E-state index in [0.717, 1.165) is 31.8 Å². The van der Waals surface area contributed by atoms with Crippen LogP contribution in [0.4, 0.5) is 0 Å². The molecule has 1 aromatic rings. The van der Waals surface area contributed by atoms with Gasteiger partial charge in [-0.2, -0.15) is 0 Å². The third-order valence-corrected chi connectivity index (χ3v) is 5.39. The number of morpholine rings is 1. The molecule has 2 aliphatic rings. The number of likely N-dealkylation sites (tertiary alicyclic amines) is 1. The first-order valence-corrected chi connectivity index (χ1v) is 10.2. The SMILES string of the molecule is CC.[B]C([B])(c1cccc(C(=O)N2CCOCC2)n1)N1CCC(CC)CC1. The van der Waals surface area contributed by atoms with Crippen LogP contribution in [0.3, 0.4) is 0 Å². The third-order valence-electron chi connectivity index (χ3n) is 5.39. The molecule has 0 saturated carbocycles. The number of amides is 1. The Morgan fingerprint density at radius 1 is 1.19 bits per heavy atom. The van der Waals surface area contributed by atoms with Crippen molar-refractivity contribution in [3.63, 3.8) is 0 Å². The first-order valence-electron chi connectivity index (χ1n) is 10.2. The van der Waals surface area contributed by atoms with Crippen molar-refractivity contribution in [1.82, 2.24) is 14.8 Å². The van der Waals surface area contributed by atoms with Gasteiger partial charge in [-0.05, 0) is 49.3 Å². The van der Waals surface area contributed by atoms with E-state index in [4.69, 9.17) is 20.4 Å². The number of aromatic nitrogens is 1. The van der Waals surface area contributed by atoms with Crippen LogP contribution >= 0.6 is 0 Å². The van der Waals surface area contributed by atoms with Gasteiger partial charge in [0.15, 0.2) is 0 Å². The fourth-order valence-electron chi connectivity index (χ4n) is 3.58. The average Bonchev–Trinajstić information content (AvgIpc) is 2.75. The lowest BCUT2D eigenvalue weighted by Crippen LogP contribution is -2.51. The molecule has 3 heterocycles. The Kier molecular flexibility index (Phi) is 8.36. The van der Waals surface area contributed by atoms with Crippen LogP contribution in [0.15, 0.2) is 18.2 Å². The van der Waals surface area contributed by atoms with Crippen molar-refractivity contribution >= 4 is 21.6 Å². The quantitative estimate of drug-likeness (QED) is 0.766. The molecule has 2 aliphatic heterocycles. The van der Waals surface area contributed by atoms with Crippen molar-refractivity contribution in [2.24, 2.45) is 5.92 Å². The summed E-state index contributed by atoms with van der Waals surface area (Å²) >= 11 is 0. The van der Waals surface area contributed by atoms with Gasteiger partial charge in [0.1, 0.15) is 5.69 Å². The Morgan fingerprint density at radius 2 is 1.81 bits per heavy atom. The van der Waals surface area contributed by atoms with Crippen molar-refractivity contribution in [3.05, 3.63) is 29.6 Å². The van der Waals surface area contributed by atoms with Gasteiger partial charge in [0.05, 0.1) is 28.9 Å². The van der Waals surface area contributed by atoms with Gasteiger partial charge in [-0.3, -0.25) is 4.79 Å². The van der Waals surface area contributed by atoms with E-state index in [0.29, 0.717) is 37.7 Å². The second kappa shape index (κ2) is 10.3. The topological polar surface area (TPSA) is 45.7 Å². The molecular formula is C20H31B2N3O2. The number of carbonyl (C=O) groups is 1. The predicted molar refractivity (Wildman–Crippen MR) is 110 cm³/mol. The van der Waals surface area contributed by atoms with Crippen LogP contribution in [0.5, 0.6) is 0 Å². The van der Waals surface area contributed by atoms with Gasteiger partial charge in [0.25, 0.3) is 5.91 Å². The van der Waals surface area contributed by atoms with E-state index < -0.39 is 5.34 Å². The summed E-state index contributed by atoms with van der Waals surface area (Å²) in [4.78, 5) is 21.0. The van der Waals surface area contributed by atoms with Crippen molar-refractivity contribution in [2.75, 3.05) is 39.4 Å². The van der Waals surface area contributed by atoms with Crippen LogP contribution in [0.2, 0.25) is 0 Å². The standard InChI is InChI=1S/C18H25B2N3O2.C2H6/c1-2-14-6-8-23(9-7-14)18(19,20)16-5-3-4-15(21-16)17(24)22-10-12-25-13-11-22;1-2/h3-5,14H,2,6-13H2,1H3;1-2H3. The number of hydrogen-bond donors (Lipinski definition) is 0. The lowest BCUT2D eigenvalue weighted by molar-refractivity contribution is 0.0298. The fraction of sp³-hybridized carbons (Fsp3) is 0.700. The van der Waals surface area contributed by atoms with Gasteiger partial charge < -0.3 is 14.5 Å². The highest BCUT2D eigenvalue weighted by molar-refractivity contribution is 6.39. The first-order chi connectivity index (χ1) is 13.0. The Balaban J connectivity index is 0.00000126. The molecule has 0 atom stereocenters. The zero-order chi connectivity index (χ0) is 19.9. The lowest BCUT2D eigenvalue weighted by Gasteiger charge is -2.43. The summed E-state index contributed by atoms with van der Waals surface area (Å²) in [7, 11) is 12.9. The monoisotopic (exact) mass is 367 g/mol. The molecule has 27 heavy (non-hydrogen) atoms. The number of hydrogen-bond acceptors (Lipinski definition) is 4. The number of carbonyl (C=O) groups excluding carboxylic acids is 1. The second-order valence-corrected chi connectivity index (χ2v) is 6.98. The van der Waals surface area contributed by atoms with E-state index in [1.54, 1.807) is 11.0 Å². The third kappa shape index (κ3) is 5.35. The molecule has 4 radical (unpaired) electrons. The van der Waals surface area contributed by atoms with Crippen LogP contribution in [-0.4, -0.2) is 75.8 Å². The molecule has 3 rings (SSSR count). The van der Waals surface area contributed by atoms with E-state index in [2.05, 4.69) is 16.8 Å². The number of nitrogens with zero attached hydrogens (tertiary/aromatic N) is 3. The summed E-state index contributed by atoms with van der Waals surface area (Å²) in [6, 6.07) is 5.34. The predicted octanol–water partition coefficient (Wildman–Crippen LogP) is 2.15. The first kappa shape index (κ1) is 22.0. The van der Waals surface area contributed by atoms with Gasteiger partial charge in [-0.1, -0.05) is 33.3 Å². The summed E-state index contributed by atoms with van der Waals surface area (Å²) in [6.07, 6.45) is 3.38. The second-order valence-electron chi connectivity index (χ2n) is 6.98. The van der Waals surface area contributed by atoms with E-state index in [-0.39, 0.29) is 5.91 Å². The van der Waals surface area contributed by atoms with E-state index in [1.165, 1.54) is 6.42 Å². The van der Waals surface area contributed by atoms with Crippen LogP contribution < -0.4 is 0 Å². The largest absolute Gasteiger partial charge is 0.378 e. The molecule has 144 valence electrons. The summed E-state index contributed by atoms with van der Waals surface area (Å²) < 4.78 is 5.30. The highest BCUT2D eigenvalue weighted by Gasteiger charge is 2.32. The number of ether oxygens (including phenoxy) is 1. The minimum Gasteiger partial charge on any atom is -0.378 e. The van der Waals surface area contributed by atoms with E-state index in [9.17, 15) is 4.79 Å². The van der Waals surface area contributed by atoms with Gasteiger partial charge in [0.2, 0.25) is 0 Å². The molecule has 5 nitrogen and oxygen atoms in total. The summed E-state index contributed by atoms with van der Waals surface area (Å²) in [5.74, 6) is 0.653. The minimum absolute atomic E-state index is 0.0920. The molecule has 0 aliphatic carbocycles. The summed E-state index contributed by atoms with van der Waals surface area (Å²) in [5.41, 5.74) is 0.935. The molecule has 1 aromatic heterocycles. The van der Waals surface area contributed by atoms with Crippen LogP contribution in [0, 0.1) is 5.92 Å². The van der Waals surface area contributed by atoms with E-state index in [1.807, 2.05) is 26.0 Å². The van der Waals surface area contributed by atoms with Crippen LogP contribution in [-0.2, 0) is 10.1 Å². The van der Waals surface area contributed by atoms with E-state index >= 15 is 0 Å². The summed E-state index contributed by atoms with van der Waals surface area (Å²) in [5, 5.41) is -1.15. The zero-order valence-corrected chi connectivity index (χ0v) is 17.0. The maximum atomic E-state index is 12.6. The van der Waals surface area contributed by atoms with Crippen molar-refractivity contribution in [1.29, 1.82) is 0 Å². The van der Waals surface area contributed by atoms with Gasteiger partial charge >= 0.3 is 0 Å². The Morgan fingerprint density at radius 3 is 2.41 bits per heavy atom. The number of pyridine rings is 1. The molecular weight excluding hydrogens is 336 g/mol. The fourth-order valence-corrected chi connectivity index (χ4v) is 3.58. The van der Waals surface area contributed by atoms with Crippen molar-refractivity contribution in [2.45, 2.75) is 45.4 Å². The molecule has 0 bridgehead atoms. The van der Waals surface area contributed by atoms with Gasteiger partial charge in [-0.15, -0.1) is 0 Å². The van der Waals surface area contributed by atoms with Crippen LogP contribution in [0.25, 0.3) is 0 Å².